The van der Waals surface area contributed by atoms with Crippen LogP contribution in [0.4, 0.5) is 0 Å². The zero-order valence-corrected chi connectivity index (χ0v) is 12.1. The first kappa shape index (κ1) is 15.0. The molecule has 1 unspecified atom stereocenters. The van der Waals surface area contributed by atoms with Crippen molar-refractivity contribution in [3.05, 3.63) is 18.0 Å². The first-order valence-electron chi connectivity index (χ1n) is 7.29. The van der Waals surface area contributed by atoms with Gasteiger partial charge in [-0.1, -0.05) is 0 Å². The largest absolute Gasteiger partial charge is 0.396 e. The first-order chi connectivity index (χ1) is 9.72. The van der Waals surface area contributed by atoms with Crippen molar-refractivity contribution in [3.8, 4) is 0 Å². The number of aromatic nitrogens is 2. The number of carbonyl (C=O) groups is 1. The Hall–Kier alpha value is -1.40. The second-order valence-corrected chi connectivity index (χ2v) is 5.35. The molecule has 1 amide bonds. The number of piperidine rings is 1. The predicted octanol–water partition coefficient (Wildman–Crippen LogP) is 0.191. The fourth-order valence-corrected chi connectivity index (χ4v) is 2.61. The van der Waals surface area contributed by atoms with Gasteiger partial charge in [-0.15, -0.1) is 0 Å². The summed E-state index contributed by atoms with van der Waals surface area (Å²) in [6.07, 6.45) is 4.69. The lowest BCUT2D eigenvalue weighted by Gasteiger charge is -2.24. The van der Waals surface area contributed by atoms with Crippen LogP contribution >= 0.6 is 0 Å². The van der Waals surface area contributed by atoms with E-state index in [0.29, 0.717) is 18.9 Å². The molecule has 2 heterocycles. The van der Waals surface area contributed by atoms with Gasteiger partial charge < -0.3 is 15.3 Å². The van der Waals surface area contributed by atoms with Gasteiger partial charge in [-0.3, -0.25) is 9.48 Å². The normalized spacial score (nSPS) is 19.0. The van der Waals surface area contributed by atoms with Gasteiger partial charge >= 0.3 is 0 Å². The number of aliphatic hydroxyl groups is 1. The molecular formula is C14H24N4O2. The number of nitrogens with one attached hydrogen (secondary N) is 1. The van der Waals surface area contributed by atoms with E-state index in [1.165, 1.54) is 6.42 Å². The van der Waals surface area contributed by atoms with Crippen LogP contribution < -0.4 is 5.32 Å². The van der Waals surface area contributed by atoms with Crippen molar-refractivity contribution in [2.45, 2.75) is 31.7 Å². The quantitative estimate of drug-likeness (QED) is 0.780. The first-order valence-corrected chi connectivity index (χ1v) is 7.29. The summed E-state index contributed by atoms with van der Waals surface area (Å²) in [4.78, 5) is 13.8. The maximum absolute atomic E-state index is 12.1. The lowest BCUT2D eigenvalue weighted by Crippen LogP contribution is -2.34. The molecule has 112 valence electrons. The molecule has 1 saturated heterocycles. The van der Waals surface area contributed by atoms with E-state index in [1.54, 1.807) is 18.1 Å². The van der Waals surface area contributed by atoms with Crippen molar-refractivity contribution in [2.24, 2.45) is 0 Å². The number of likely N-dealkylation sites (N-methyl/N-ethyl adjacent to an activating group) is 1. The van der Waals surface area contributed by atoms with Gasteiger partial charge in [0.15, 0.2) is 0 Å². The molecule has 2 N–H and O–H groups in total. The van der Waals surface area contributed by atoms with Gasteiger partial charge in [0.25, 0.3) is 0 Å². The molecule has 1 fully saturated rings. The number of carbonyl (C=O) groups excluding carboxylic acids is 1. The molecule has 1 aliphatic rings. The fraction of sp³-hybridized carbons (Fsp3) is 0.714. The Morgan fingerprint density at radius 2 is 2.50 bits per heavy atom. The monoisotopic (exact) mass is 280 g/mol. The minimum absolute atomic E-state index is 0.0344. The Morgan fingerprint density at radius 3 is 3.20 bits per heavy atom. The molecule has 0 aliphatic carbocycles. The molecule has 0 aromatic carbocycles. The van der Waals surface area contributed by atoms with E-state index in [9.17, 15) is 4.79 Å². The Bertz CT molecular complexity index is 427. The van der Waals surface area contributed by atoms with Crippen molar-refractivity contribution in [1.29, 1.82) is 0 Å². The van der Waals surface area contributed by atoms with Crippen molar-refractivity contribution < 1.29 is 9.90 Å². The molecule has 6 heteroatoms. The van der Waals surface area contributed by atoms with Crippen LogP contribution in [-0.2, 0) is 11.3 Å². The van der Waals surface area contributed by atoms with E-state index in [4.69, 9.17) is 5.11 Å². The van der Waals surface area contributed by atoms with Crippen molar-refractivity contribution >= 4 is 5.91 Å². The summed E-state index contributed by atoms with van der Waals surface area (Å²) < 4.78 is 1.81. The molecule has 6 nitrogen and oxygen atoms in total. The molecule has 1 aromatic rings. The van der Waals surface area contributed by atoms with E-state index in [2.05, 4.69) is 10.4 Å². The van der Waals surface area contributed by atoms with E-state index < -0.39 is 0 Å². The van der Waals surface area contributed by atoms with Crippen LogP contribution in [0.1, 0.15) is 30.9 Å². The average molecular weight is 280 g/mol. The molecule has 0 bridgehead atoms. The van der Waals surface area contributed by atoms with Gasteiger partial charge in [-0.2, -0.15) is 5.10 Å². The Balaban J connectivity index is 1.95. The summed E-state index contributed by atoms with van der Waals surface area (Å²) >= 11 is 0. The maximum Gasteiger partial charge on any atom is 0.244 e. The highest BCUT2D eigenvalue weighted by atomic mass is 16.3. The molecule has 0 spiro atoms. The Kier molecular flexibility index (Phi) is 5.55. The minimum Gasteiger partial charge on any atom is -0.396 e. The van der Waals surface area contributed by atoms with Crippen LogP contribution in [0, 0.1) is 0 Å². The second kappa shape index (κ2) is 7.40. The molecule has 1 aliphatic heterocycles. The molecular weight excluding hydrogens is 256 g/mol. The van der Waals surface area contributed by atoms with Crippen LogP contribution in [0.25, 0.3) is 0 Å². The lowest BCUT2D eigenvalue weighted by molar-refractivity contribution is -0.130. The summed E-state index contributed by atoms with van der Waals surface area (Å²) in [6, 6.07) is 2.01. The van der Waals surface area contributed by atoms with E-state index in [0.717, 1.165) is 25.2 Å². The fourth-order valence-electron chi connectivity index (χ4n) is 2.61. The van der Waals surface area contributed by atoms with Gasteiger partial charge in [0.1, 0.15) is 6.54 Å². The highest BCUT2D eigenvalue weighted by Crippen LogP contribution is 2.22. The molecule has 1 atom stereocenters. The molecule has 2 rings (SSSR count). The summed E-state index contributed by atoms with van der Waals surface area (Å²) in [5.41, 5.74) is 1.14. The number of rotatable bonds is 6. The topological polar surface area (TPSA) is 70.4 Å². The summed E-state index contributed by atoms with van der Waals surface area (Å²) in [5.74, 6) is 0.481. The van der Waals surface area contributed by atoms with Crippen molar-refractivity contribution in [1.82, 2.24) is 20.0 Å². The zero-order valence-electron chi connectivity index (χ0n) is 12.1. The highest BCUT2D eigenvalue weighted by Gasteiger charge is 2.20. The third kappa shape index (κ3) is 3.80. The van der Waals surface area contributed by atoms with Crippen molar-refractivity contribution in [3.63, 3.8) is 0 Å². The number of hydrogen-bond donors (Lipinski definition) is 2. The highest BCUT2D eigenvalue weighted by molar-refractivity contribution is 5.75. The third-order valence-corrected chi connectivity index (χ3v) is 3.83. The summed E-state index contributed by atoms with van der Waals surface area (Å²) in [5, 5.41) is 16.5. The Labute approximate surface area is 119 Å². The van der Waals surface area contributed by atoms with Gasteiger partial charge in [0, 0.05) is 44.6 Å². The zero-order chi connectivity index (χ0) is 14.4. The number of nitrogens with zero attached hydrogens (tertiary/aromatic N) is 3. The molecule has 20 heavy (non-hydrogen) atoms. The Morgan fingerprint density at radius 1 is 1.65 bits per heavy atom. The van der Waals surface area contributed by atoms with Crippen LogP contribution in [0.3, 0.4) is 0 Å². The third-order valence-electron chi connectivity index (χ3n) is 3.83. The molecule has 0 saturated carbocycles. The average Bonchev–Trinajstić information content (AvgIpc) is 2.93. The number of aliphatic hydroxyl groups excluding tert-OH is 1. The SMILES string of the molecule is CN(CCCO)C(=O)Cn1nccc1C1CCCNC1. The minimum atomic E-state index is 0.0344. The lowest BCUT2D eigenvalue weighted by atomic mass is 9.96. The van der Waals surface area contributed by atoms with Crippen molar-refractivity contribution in [2.75, 3.05) is 33.3 Å². The summed E-state index contributed by atoms with van der Waals surface area (Å²) in [6.45, 7) is 3.00. The van der Waals surface area contributed by atoms with Gasteiger partial charge in [-0.25, -0.2) is 0 Å². The van der Waals surface area contributed by atoms with E-state index in [-0.39, 0.29) is 19.1 Å². The van der Waals surface area contributed by atoms with Gasteiger partial charge in [0.2, 0.25) is 5.91 Å². The standard InChI is InChI=1S/C14H24N4O2/c1-17(8-3-9-19)14(20)11-18-13(5-7-16-18)12-4-2-6-15-10-12/h5,7,12,15,19H,2-4,6,8-11H2,1H3. The molecule has 1 aromatic heterocycles. The van der Waals surface area contributed by atoms with Crippen LogP contribution in [0.2, 0.25) is 0 Å². The second-order valence-electron chi connectivity index (χ2n) is 5.35. The van der Waals surface area contributed by atoms with Crippen LogP contribution in [0.15, 0.2) is 12.3 Å². The maximum atomic E-state index is 12.1. The van der Waals surface area contributed by atoms with Crippen LogP contribution in [-0.4, -0.2) is 59.0 Å². The number of amides is 1. The van der Waals surface area contributed by atoms with E-state index in [1.807, 2.05) is 10.7 Å². The van der Waals surface area contributed by atoms with E-state index >= 15 is 0 Å². The van der Waals surface area contributed by atoms with Gasteiger partial charge in [0.05, 0.1) is 0 Å². The number of hydrogen-bond acceptors (Lipinski definition) is 4. The van der Waals surface area contributed by atoms with Gasteiger partial charge in [-0.05, 0) is 31.9 Å². The summed E-state index contributed by atoms with van der Waals surface area (Å²) in [7, 11) is 1.77. The predicted molar refractivity (Wildman–Crippen MR) is 76.4 cm³/mol. The van der Waals surface area contributed by atoms with Crippen LogP contribution in [0.5, 0.6) is 0 Å². The molecule has 0 radical (unpaired) electrons. The smallest absolute Gasteiger partial charge is 0.244 e.